The monoisotopic (exact) mass is 877 g/mol. The fraction of sp³-hybridized carbons (Fsp3) is 0.0149. The van der Waals surface area contributed by atoms with Gasteiger partial charge in [0.25, 0.3) is 0 Å². The number of hydrogen-bond donors (Lipinski definition) is 0. The molecule has 0 unspecified atom stereocenters. The highest BCUT2D eigenvalue weighted by atomic mass is 16.3. The summed E-state index contributed by atoms with van der Waals surface area (Å²) in [5.41, 5.74) is 16.5. The van der Waals surface area contributed by atoms with Crippen LogP contribution in [-0.4, -0.2) is 0 Å². The fourth-order valence-corrected chi connectivity index (χ4v) is 11.8. The van der Waals surface area contributed by atoms with E-state index in [4.69, 9.17) is 4.42 Å². The van der Waals surface area contributed by atoms with Gasteiger partial charge in [0, 0.05) is 33.3 Å². The van der Waals surface area contributed by atoms with Crippen LogP contribution in [-0.2, 0) is 5.41 Å². The van der Waals surface area contributed by atoms with Crippen molar-refractivity contribution < 1.29 is 4.42 Å². The van der Waals surface area contributed by atoms with Gasteiger partial charge < -0.3 is 9.32 Å². The Labute approximate surface area is 400 Å². The van der Waals surface area contributed by atoms with E-state index in [0.29, 0.717) is 0 Å². The lowest BCUT2D eigenvalue weighted by molar-refractivity contribution is 0.670. The predicted octanol–water partition coefficient (Wildman–Crippen LogP) is 18.2. The van der Waals surface area contributed by atoms with Crippen molar-refractivity contribution in [3.63, 3.8) is 0 Å². The Balaban J connectivity index is 1.05. The minimum absolute atomic E-state index is 0.551. The third kappa shape index (κ3) is 5.92. The number of benzene rings is 12. The van der Waals surface area contributed by atoms with Crippen molar-refractivity contribution in [2.45, 2.75) is 5.41 Å². The molecule has 0 aliphatic heterocycles. The molecule has 0 fully saturated rings. The summed E-state index contributed by atoms with van der Waals surface area (Å²) in [6, 6.07) is 95.6. The van der Waals surface area contributed by atoms with Crippen LogP contribution < -0.4 is 4.90 Å². The van der Waals surface area contributed by atoms with Gasteiger partial charge in [-0.05, 0) is 125 Å². The van der Waals surface area contributed by atoms with Crippen molar-refractivity contribution in [1.82, 2.24) is 0 Å². The molecule has 1 heterocycles. The lowest BCUT2D eigenvalue weighted by atomic mass is 9.67. The van der Waals surface area contributed by atoms with Crippen LogP contribution in [0.3, 0.4) is 0 Å². The number of fused-ring (bicyclic) bond motifs is 10. The summed E-state index contributed by atoms with van der Waals surface area (Å²) in [7, 11) is 0. The molecule has 69 heavy (non-hydrogen) atoms. The van der Waals surface area contributed by atoms with Gasteiger partial charge in [0.1, 0.15) is 11.2 Å². The van der Waals surface area contributed by atoms with E-state index < -0.39 is 5.41 Å². The van der Waals surface area contributed by atoms with Crippen molar-refractivity contribution in [3.05, 3.63) is 283 Å². The van der Waals surface area contributed by atoms with Gasteiger partial charge in [-0.2, -0.15) is 0 Å². The highest BCUT2D eigenvalue weighted by Crippen LogP contribution is 2.58. The molecule has 0 saturated carbocycles. The first kappa shape index (κ1) is 39.2. The molecule has 12 aromatic carbocycles. The molecule has 0 radical (unpaired) electrons. The van der Waals surface area contributed by atoms with Crippen LogP contribution in [0.1, 0.15) is 22.3 Å². The zero-order valence-electron chi connectivity index (χ0n) is 37.7. The average Bonchev–Trinajstić information content (AvgIpc) is 3.94. The summed E-state index contributed by atoms with van der Waals surface area (Å²) in [5, 5.41) is 9.40. The van der Waals surface area contributed by atoms with E-state index in [1.54, 1.807) is 0 Å². The Morgan fingerprint density at radius 3 is 1.62 bits per heavy atom. The predicted molar refractivity (Wildman–Crippen MR) is 289 cm³/mol. The van der Waals surface area contributed by atoms with Crippen molar-refractivity contribution in [2.75, 3.05) is 4.90 Å². The Hall–Kier alpha value is -8.98. The van der Waals surface area contributed by atoms with Crippen LogP contribution >= 0.6 is 0 Å². The second kappa shape index (κ2) is 15.6. The van der Waals surface area contributed by atoms with Crippen LogP contribution in [0.5, 0.6) is 0 Å². The summed E-state index contributed by atoms with van der Waals surface area (Å²) in [5.74, 6) is 0. The molecule has 1 aromatic heterocycles. The van der Waals surface area contributed by atoms with Crippen molar-refractivity contribution in [1.29, 1.82) is 0 Å². The minimum atomic E-state index is -0.551. The molecule has 0 bridgehead atoms. The quantitative estimate of drug-likeness (QED) is 0.148. The summed E-state index contributed by atoms with van der Waals surface area (Å²) in [4.78, 5) is 2.46. The van der Waals surface area contributed by atoms with Gasteiger partial charge >= 0.3 is 0 Å². The highest BCUT2D eigenvalue weighted by molar-refractivity contribution is 6.24. The van der Waals surface area contributed by atoms with Gasteiger partial charge in [0.15, 0.2) is 0 Å². The van der Waals surface area contributed by atoms with Crippen LogP contribution in [0.15, 0.2) is 265 Å². The van der Waals surface area contributed by atoms with E-state index in [2.05, 4.69) is 266 Å². The summed E-state index contributed by atoms with van der Waals surface area (Å²) in [6.07, 6.45) is 0. The van der Waals surface area contributed by atoms with Gasteiger partial charge in [-0.25, -0.2) is 0 Å². The second-order valence-corrected chi connectivity index (χ2v) is 18.3. The van der Waals surface area contributed by atoms with Gasteiger partial charge in [-0.3, -0.25) is 0 Å². The fourth-order valence-electron chi connectivity index (χ4n) is 11.8. The molecule has 0 amide bonds. The Morgan fingerprint density at radius 2 is 0.870 bits per heavy atom. The zero-order valence-corrected chi connectivity index (χ0v) is 37.7. The molecule has 0 saturated heterocycles. The maximum Gasteiger partial charge on any atom is 0.143 e. The van der Waals surface area contributed by atoms with E-state index in [1.165, 1.54) is 71.3 Å². The first-order valence-electron chi connectivity index (χ1n) is 23.8. The van der Waals surface area contributed by atoms with Crippen LogP contribution in [0, 0.1) is 0 Å². The van der Waals surface area contributed by atoms with E-state index in [-0.39, 0.29) is 0 Å². The van der Waals surface area contributed by atoms with Crippen molar-refractivity contribution in [2.24, 2.45) is 0 Å². The standard InChI is InChI=1S/C67H43NO/c1-4-20-44(21-5-1)52-29-17-19-35-63(52)68(50-36-38-57-56-33-16-18-34-61(56)67(62(57)43-50,47-24-6-2-7-25-47)48-26-8-3-9-27-48)49-37-39-64-58(42-49)60-41-46-23-11-13-30-53(46)65(66(60)69-64)59-40-45-22-10-12-28-51(45)54-31-14-15-32-55(54)59/h1-43H. The first-order chi connectivity index (χ1) is 34.2. The van der Waals surface area contributed by atoms with Gasteiger partial charge in [-0.1, -0.05) is 212 Å². The number of rotatable bonds is 7. The summed E-state index contributed by atoms with van der Waals surface area (Å²) < 4.78 is 7.15. The second-order valence-electron chi connectivity index (χ2n) is 18.3. The summed E-state index contributed by atoms with van der Waals surface area (Å²) in [6.45, 7) is 0. The maximum atomic E-state index is 7.15. The van der Waals surface area contributed by atoms with Crippen molar-refractivity contribution in [3.8, 4) is 33.4 Å². The largest absolute Gasteiger partial charge is 0.455 e. The Kier molecular flexibility index (Phi) is 8.84. The third-order valence-corrected chi connectivity index (χ3v) is 14.7. The van der Waals surface area contributed by atoms with E-state index >= 15 is 0 Å². The lowest BCUT2D eigenvalue weighted by Gasteiger charge is -2.35. The van der Waals surface area contributed by atoms with E-state index in [1.807, 2.05) is 0 Å². The van der Waals surface area contributed by atoms with Gasteiger partial charge in [0.2, 0.25) is 0 Å². The Morgan fingerprint density at radius 1 is 0.319 bits per heavy atom. The molecule has 1 aliphatic rings. The molecule has 14 rings (SSSR count). The molecule has 1 aliphatic carbocycles. The maximum absolute atomic E-state index is 7.15. The first-order valence-corrected chi connectivity index (χ1v) is 23.8. The van der Waals surface area contributed by atoms with E-state index in [0.717, 1.165) is 55.7 Å². The number of hydrogen-bond acceptors (Lipinski definition) is 2. The number of anilines is 3. The number of para-hydroxylation sites is 1. The molecule has 2 heteroatoms. The molecule has 0 N–H and O–H groups in total. The molecule has 322 valence electrons. The summed E-state index contributed by atoms with van der Waals surface area (Å²) >= 11 is 0. The number of furan rings is 1. The molecular formula is C67H43NO. The van der Waals surface area contributed by atoms with Gasteiger partial charge in [-0.15, -0.1) is 0 Å². The molecule has 0 spiro atoms. The molecular weight excluding hydrogens is 835 g/mol. The Bertz CT molecular complexity index is 4090. The molecule has 13 aromatic rings. The highest BCUT2D eigenvalue weighted by Gasteiger charge is 2.46. The van der Waals surface area contributed by atoms with Crippen LogP contribution in [0.25, 0.3) is 87.6 Å². The van der Waals surface area contributed by atoms with E-state index in [9.17, 15) is 0 Å². The van der Waals surface area contributed by atoms with Gasteiger partial charge in [0.05, 0.1) is 11.1 Å². The third-order valence-electron chi connectivity index (χ3n) is 14.7. The topological polar surface area (TPSA) is 16.4 Å². The SMILES string of the molecule is c1ccc(-c2ccccc2N(c2ccc3c(c2)C(c2ccccc2)(c2ccccc2)c2ccccc2-3)c2ccc3oc4c(-c5cc6ccccc6c6ccccc56)c5ccccc5cc4c3c2)cc1. The number of nitrogens with zero attached hydrogens (tertiary/aromatic N) is 1. The van der Waals surface area contributed by atoms with Crippen molar-refractivity contribution >= 4 is 71.3 Å². The minimum Gasteiger partial charge on any atom is -0.455 e. The smallest absolute Gasteiger partial charge is 0.143 e. The molecule has 2 nitrogen and oxygen atoms in total. The van der Waals surface area contributed by atoms with Crippen LogP contribution in [0.2, 0.25) is 0 Å². The lowest BCUT2D eigenvalue weighted by Crippen LogP contribution is -2.28. The average molecular weight is 878 g/mol. The molecule has 0 atom stereocenters. The normalized spacial score (nSPS) is 12.8. The zero-order chi connectivity index (χ0) is 45.5. The van der Waals surface area contributed by atoms with Crippen LogP contribution in [0.4, 0.5) is 17.1 Å².